The molecule has 0 heterocycles. The smallest absolute Gasteiger partial charge is 0.459 e. The molecule has 0 rings (SSSR count). The molecule has 0 radical (unpaired) electrons. The molecular formula is C14H20F6O4. The number of carbonyl (C=O) groups excluding carboxylic acids is 2. The third-order valence-electron chi connectivity index (χ3n) is 2.97. The molecule has 0 spiro atoms. The maximum absolute atomic E-state index is 11.8. The van der Waals surface area contributed by atoms with Gasteiger partial charge in [-0.25, -0.2) is 9.59 Å². The summed E-state index contributed by atoms with van der Waals surface area (Å²) in [6.07, 6.45) is -4.86. The average molecular weight is 366 g/mol. The lowest BCUT2D eigenvalue weighted by atomic mass is 10.1. The molecule has 0 fully saturated rings. The maximum atomic E-state index is 11.8. The van der Waals surface area contributed by atoms with Crippen molar-refractivity contribution < 1.29 is 45.4 Å². The molecule has 0 atom stereocenters. The predicted molar refractivity (Wildman–Crippen MR) is 71.0 cm³/mol. The van der Waals surface area contributed by atoms with Gasteiger partial charge in [0.15, 0.2) is 0 Å². The topological polar surface area (TPSA) is 52.6 Å². The number of carbonyl (C=O) groups is 2. The molecule has 0 amide bonds. The first-order chi connectivity index (χ1) is 11.0. The highest BCUT2D eigenvalue weighted by Gasteiger charge is 2.41. The quantitative estimate of drug-likeness (QED) is 0.310. The van der Waals surface area contributed by atoms with Crippen LogP contribution in [0.4, 0.5) is 26.3 Å². The lowest BCUT2D eigenvalue weighted by Gasteiger charge is -2.07. The van der Waals surface area contributed by atoms with E-state index in [0.29, 0.717) is 25.7 Å². The van der Waals surface area contributed by atoms with E-state index in [9.17, 15) is 35.9 Å². The molecular weight excluding hydrogens is 346 g/mol. The second kappa shape index (κ2) is 11.1. The molecule has 0 aromatic carbocycles. The molecule has 0 bridgehead atoms. The van der Waals surface area contributed by atoms with Crippen molar-refractivity contribution in [1.29, 1.82) is 0 Å². The Morgan fingerprint density at radius 3 is 1.04 bits per heavy atom. The van der Waals surface area contributed by atoms with Crippen LogP contribution in [0.3, 0.4) is 0 Å². The van der Waals surface area contributed by atoms with Gasteiger partial charge in [-0.1, -0.05) is 38.5 Å². The first-order valence-electron chi connectivity index (χ1n) is 7.53. The summed E-state index contributed by atoms with van der Waals surface area (Å²) in [5.41, 5.74) is 0. The summed E-state index contributed by atoms with van der Waals surface area (Å²) in [6.45, 7) is -0.550. The number of hydrogen-bond acceptors (Lipinski definition) is 4. The monoisotopic (exact) mass is 366 g/mol. The van der Waals surface area contributed by atoms with E-state index < -0.39 is 24.3 Å². The largest absolute Gasteiger partial charge is 0.490 e. The van der Waals surface area contributed by atoms with Gasteiger partial charge in [-0.05, 0) is 12.8 Å². The van der Waals surface area contributed by atoms with Crippen LogP contribution in [0.25, 0.3) is 0 Å². The third kappa shape index (κ3) is 12.0. The highest BCUT2D eigenvalue weighted by atomic mass is 19.4. The van der Waals surface area contributed by atoms with Crippen LogP contribution >= 0.6 is 0 Å². The summed E-state index contributed by atoms with van der Waals surface area (Å²) in [4.78, 5) is 20.8. The van der Waals surface area contributed by atoms with Gasteiger partial charge in [0.25, 0.3) is 0 Å². The van der Waals surface area contributed by atoms with Crippen LogP contribution in [0.1, 0.15) is 51.4 Å². The normalized spacial score (nSPS) is 12.1. The summed E-state index contributed by atoms with van der Waals surface area (Å²) in [7, 11) is 0. The van der Waals surface area contributed by atoms with Crippen molar-refractivity contribution >= 4 is 11.9 Å². The molecule has 0 aliphatic heterocycles. The summed E-state index contributed by atoms with van der Waals surface area (Å²) in [5, 5.41) is 0. The van der Waals surface area contributed by atoms with E-state index in [1.807, 2.05) is 0 Å². The van der Waals surface area contributed by atoms with Crippen LogP contribution in [0.5, 0.6) is 0 Å². The molecule has 142 valence electrons. The lowest BCUT2D eigenvalue weighted by Crippen LogP contribution is -2.25. The molecule has 24 heavy (non-hydrogen) atoms. The van der Waals surface area contributed by atoms with Crippen LogP contribution in [-0.2, 0) is 19.1 Å². The van der Waals surface area contributed by atoms with Crippen LogP contribution in [0, 0.1) is 0 Å². The molecule has 0 N–H and O–H groups in total. The molecule has 4 nitrogen and oxygen atoms in total. The molecule has 0 aromatic heterocycles. The first kappa shape index (κ1) is 22.5. The Balaban J connectivity index is 3.32. The van der Waals surface area contributed by atoms with Crippen molar-refractivity contribution in [3.05, 3.63) is 0 Å². The second-order valence-corrected chi connectivity index (χ2v) is 5.10. The maximum Gasteiger partial charge on any atom is 0.490 e. The van der Waals surface area contributed by atoms with E-state index in [-0.39, 0.29) is 13.2 Å². The Morgan fingerprint density at radius 1 is 0.542 bits per heavy atom. The summed E-state index contributed by atoms with van der Waals surface area (Å²) >= 11 is 0. The van der Waals surface area contributed by atoms with Crippen LogP contribution in [0.15, 0.2) is 0 Å². The molecule has 10 heteroatoms. The van der Waals surface area contributed by atoms with Gasteiger partial charge in [0.2, 0.25) is 0 Å². The number of halogens is 6. The van der Waals surface area contributed by atoms with E-state index in [1.54, 1.807) is 0 Å². The Kier molecular flexibility index (Phi) is 10.5. The molecule has 0 saturated heterocycles. The zero-order valence-electron chi connectivity index (χ0n) is 13.0. The van der Waals surface area contributed by atoms with E-state index in [0.717, 1.165) is 25.7 Å². The van der Waals surface area contributed by atoms with Crippen LogP contribution < -0.4 is 0 Å². The van der Waals surface area contributed by atoms with Crippen molar-refractivity contribution in [2.75, 3.05) is 13.2 Å². The number of rotatable bonds is 11. The van der Waals surface area contributed by atoms with Crippen LogP contribution in [-0.4, -0.2) is 37.5 Å². The van der Waals surface area contributed by atoms with Gasteiger partial charge in [-0.15, -0.1) is 0 Å². The van der Waals surface area contributed by atoms with Crippen molar-refractivity contribution in [2.24, 2.45) is 0 Å². The van der Waals surface area contributed by atoms with Gasteiger partial charge >= 0.3 is 24.3 Å². The van der Waals surface area contributed by atoms with E-state index >= 15 is 0 Å². The Bertz CT molecular complexity index is 342. The SMILES string of the molecule is O=C(OCCCCCCCCCCOC(=O)C(F)(F)F)C(F)(F)F. The zero-order chi connectivity index (χ0) is 18.6. The average Bonchev–Trinajstić information content (AvgIpc) is 2.45. The van der Waals surface area contributed by atoms with Gasteiger partial charge in [0.05, 0.1) is 13.2 Å². The Labute approximate surface area is 135 Å². The first-order valence-corrected chi connectivity index (χ1v) is 7.53. The van der Waals surface area contributed by atoms with Gasteiger partial charge in [-0.3, -0.25) is 0 Å². The van der Waals surface area contributed by atoms with Gasteiger partial charge < -0.3 is 9.47 Å². The standard InChI is InChI=1S/C14H20F6O4/c15-13(16,17)11(21)23-9-7-5-3-1-2-4-6-8-10-24-12(22)14(18,19)20/h1-10H2. The van der Waals surface area contributed by atoms with E-state index in [4.69, 9.17) is 0 Å². The highest BCUT2D eigenvalue weighted by Crippen LogP contribution is 2.18. The fourth-order valence-electron chi connectivity index (χ4n) is 1.76. The van der Waals surface area contributed by atoms with Crippen molar-refractivity contribution in [1.82, 2.24) is 0 Å². The van der Waals surface area contributed by atoms with Crippen LogP contribution in [0.2, 0.25) is 0 Å². The third-order valence-corrected chi connectivity index (χ3v) is 2.97. The Hall–Kier alpha value is -1.48. The fourth-order valence-corrected chi connectivity index (χ4v) is 1.76. The minimum atomic E-state index is -4.96. The second-order valence-electron chi connectivity index (χ2n) is 5.10. The minimum absolute atomic E-state index is 0.275. The summed E-state index contributed by atoms with van der Waals surface area (Å²) in [6, 6.07) is 0. The number of alkyl halides is 6. The van der Waals surface area contributed by atoms with Gasteiger partial charge in [0.1, 0.15) is 0 Å². The number of hydrogen-bond donors (Lipinski definition) is 0. The molecule has 0 unspecified atom stereocenters. The van der Waals surface area contributed by atoms with Crippen molar-refractivity contribution in [3.63, 3.8) is 0 Å². The van der Waals surface area contributed by atoms with E-state index in [2.05, 4.69) is 9.47 Å². The van der Waals surface area contributed by atoms with Crippen molar-refractivity contribution in [3.8, 4) is 0 Å². The number of esters is 2. The fraction of sp³-hybridized carbons (Fsp3) is 0.857. The summed E-state index contributed by atoms with van der Waals surface area (Å²) in [5.74, 6) is -4.37. The highest BCUT2D eigenvalue weighted by molar-refractivity contribution is 5.75. The van der Waals surface area contributed by atoms with Gasteiger partial charge in [0, 0.05) is 0 Å². The van der Waals surface area contributed by atoms with Gasteiger partial charge in [-0.2, -0.15) is 26.3 Å². The number of ether oxygens (including phenoxy) is 2. The molecule has 0 aromatic rings. The lowest BCUT2D eigenvalue weighted by molar-refractivity contribution is -0.199. The molecule has 0 aliphatic rings. The van der Waals surface area contributed by atoms with Crippen molar-refractivity contribution in [2.45, 2.75) is 63.7 Å². The zero-order valence-corrected chi connectivity index (χ0v) is 13.0. The Morgan fingerprint density at radius 2 is 0.792 bits per heavy atom. The number of unbranched alkanes of at least 4 members (excludes halogenated alkanes) is 7. The van der Waals surface area contributed by atoms with E-state index in [1.165, 1.54) is 0 Å². The molecule has 0 saturated carbocycles. The minimum Gasteiger partial charge on any atom is -0.459 e. The molecule has 0 aliphatic carbocycles. The summed E-state index contributed by atoms with van der Waals surface area (Å²) < 4.78 is 78.9. The predicted octanol–water partition coefficient (Wildman–Crippen LogP) is 4.32.